The molecule has 22 heavy (non-hydrogen) atoms. The molecule has 124 valence electrons. The Hall–Kier alpha value is -0.710. The Morgan fingerprint density at radius 2 is 1.91 bits per heavy atom. The molecular weight excluding hydrogens is 294 g/mol. The van der Waals surface area contributed by atoms with Gasteiger partial charge in [-0.05, 0) is 36.8 Å². The van der Waals surface area contributed by atoms with E-state index in [2.05, 4.69) is 24.4 Å². The summed E-state index contributed by atoms with van der Waals surface area (Å²) >= 11 is -1.71. The number of hydrogen-bond acceptors (Lipinski definition) is 2. The van der Waals surface area contributed by atoms with E-state index < -0.39 is 11.1 Å². The lowest BCUT2D eigenvalue weighted by atomic mass is 9.85. The molecule has 2 rings (SSSR count). The van der Waals surface area contributed by atoms with E-state index >= 15 is 0 Å². The SMILES string of the molecule is CC(CC1CCCCC1)NCc1ccccc1CCS(=O)O. The average Bonchev–Trinajstić information content (AvgIpc) is 2.52. The summed E-state index contributed by atoms with van der Waals surface area (Å²) in [6, 6.07) is 8.77. The third kappa shape index (κ3) is 6.19. The minimum atomic E-state index is -1.71. The number of benzene rings is 1. The number of nitrogens with one attached hydrogen (secondary N) is 1. The second-order valence-corrected chi connectivity index (χ2v) is 7.62. The molecular formula is C18H29NO2S. The first-order valence-corrected chi connectivity index (χ1v) is 9.80. The zero-order valence-electron chi connectivity index (χ0n) is 13.6. The predicted octanol–water partition coefficient (Wildman–Crippen LogP) is 3.90. The maximum absolute atomic E-state index is 10.9. The van der Waals surface area contributed by atoms with Crippen molar-refractivity contribution in [2.75, 3.05) is 5.75 Å². The third-order valence-electron chi connectivity index (χ3n) is 4.72. The molecule has 0 aliphatic heterocycles. The van der Waals surface area contributed by atoms with Crippen molar-refractivity contribution < 1.29 is 8.76 Å². The first-order valence-electron chi connectivity index (χ1n) is 8.52. The molecule has 1 aromatic rings. The second-order valence-electron chi connectivity index (χ2n) is 6.57. The van der Waals surface area contributed by atoms with Gasteiger partial charge in [-0.3, -0.25) is 0 Å². The van der Waals surface area contributed by atoms with Crippen LogP contribution in [0.1, 0.15) is 56.6 Å². The summed E-state index contributed by atoms with van der Waals surface area (Å²) < 4.78 is 19.8. The highest BCUT2D eigenvalue weighted by atomic mass is 32.2. The Morgan fingerprint density at radius 3 is 2.59 bits per heavy atom. The summed E-state index contributed by atoms with van der Waals surface area (Å²) in [5.74, 6) is 1.21. The molecule has 0 saturated heterocycles. The van der Waals surface area contributed by atoms with Crippen molar-refractivity contribution in [2.24, 2.45) is 5.92 Å². The summed E-state index contributed by atoms with van der Waals surface area (Å²) in [5, 5.41) is 3.64. The molecule has 2 N–H and O–H groups in total. The molecule has 3 nitrogen and oxygen atoms in total. The van der Waals surface area contributed by atoms with E-state index in [1.54, 1.807) is 0 Å². The molecule has 1 aliphatic rings. The fraction of sp³-hybridized carbons (Fsp3) is 0.667. The maximum atomic E-state index is 10.9. The van der Waals surface area contributed by atoms with Gasteiger partial charge in [-0.25, -0.2) is 4.21 Å². The highest BCUT2D eigenvalue weighted by Crippen LogP contribution is 2.27. The van der Waals surface area contributed by atoms with Crippen LogP contribution in [-0.2, 0) is 24.0 Å². The van der Waals surface area contributed by atoms with Crippen LogP contribution in [0.4, 0.5) is 0 Å². The molecule has 0 spiro atoms. The molecule has 0 radical (unpaired) electrons. The molecule has 1 fully saturated rings. The molecule has 4 heteroatoms. The summed E-state index contributed by atoms with van der Waals surface area (Å²) in [4.78, 5) is 0. The molecule has 1 aliphatic carbocycles. The Bertz CT molecular complexity index is 472. The second kappa shape index (κ2) is 9.43. The smallest absolute Gasteiger partial charge is 0.153 e. The summed E-state index contributed by atoms with van der Waals surface area (Å²) in [6.07, 6.45) is 8.94. The van der Waals surface area contributed by atoms with Gasteiger partial charge in [0.2, 0.25) is 0 Å². The fourth-order valence-electron chi connectivity index (χ4n) is 3.46. The topological polar surface area (TPSA) is 49.3 Å². The lowest BCUT2D eigenvalue weighted by molar-refractivity contribution is 0.304. The van der Waals surface area contributed by atoms with Gasteiger partial charge in [0.25, 0.3) is 0 Å². The van der Waals surface area contributed by atoms with Crippen molar-refractivity contribution in [2.45, 2.75) is 64.5 Å². The van der Waals surface area contributed by atoms with Crippen LogP contribution in [0.5, 0.6) is 0 Å². The Balaban J connectivity index is 1.81. The van der Waals surface area contributed by atoms with Gasteiger partial charge in [0.15, 0.2) is 11.1 Å². The van der Waals surface area contributed by atoms with Gasteiger partial charge in [0, 0.05) is 12.6 Å². The van der Waals surface area contributed by atoms with Crippen LogP contribution in [0.25, 0.3) is 0 Å². The van der Waals surface area contributed by atoms with Crippen molar-refractivity contribution in [3.63, 3.8) is 0 Å². The monoisotopic (exact) mass is 323 g/mol. The minimum absolute atomic E-state index is 0.314. The van der Waals surface area contributed by atoms with Crippen LogP contribution in [-0.4, -0.2) is 20.6 Å². The van der Waals surface area contributed by atoms with Crippen LogP contribution >= 0.6 is 0 Å². The fourth-order valence-corrected chi connectivity index (χ4v) is 3.86. The van der Waals surface area contributed by atoms with Crippen molar-refractivity contribution in [3.05, 3.63) is 35.4 Å². The highest BCUT2D eigenvalue weighted by Gasteiger charge is 2.16. The molecule has 0 heterocycles. The average molecular weight is 324 g/mol. The first kappa shape index (κ1) is 17.6. The molecule has 2 atom stereocenters. The van der Waals surface area contributed by atoms with Gasteiger partial charge in [0.05, 0.1) is 5.75 Å². The van der Waals surface area contributed by atoms with E-state index in [0.29, 0.717) is 18.2 Å². The van der Waals surface area contributed by atoms with Crippen molar-refractivity contribution in [1.82, 2.24) is 5.32 Å². The van der Waals surface area contributed by atoms with Crippen LogP contribution in [0, 0.1) is 5.92 Å². The van der Waals surface area contributed by atoms with E-state index in [1.165, 1.54) is 49.7 Å². The van der Waals surface area contributed by atoms with Crippen molar-refractivity contribution >= 4 is 11.1 Å². The largest absolute Gasteiger partial charge is 0.310 e. The molecule has 0 amide bonds. The number of rotatable bonds is 8. The third-order valence-corrected chi connectivity index (χ3v) is 5.27. The van der Waals surface area contributed by atoms with Crippen LogP contribution in [0.15, 0.2) is 24.3 Å². The van der Waals surface area contributed by atoms with Gasteiger partial charge in [-0.15, -0.1) is 0 Å². The lowest BCUT2D eigenvalue weighted by Gasteiger charge is -2.25. The maximum Gasteiger partial charge on any atom is 0.153 e. The van der Waals surface area contributed by atoms with Gasteiger partial charge in [-0.1, -0.05) is 56.4 Å². The molecule has 1 aromatic carbocycles. The Morgan fingerprint density at radius 1 is 1.23 bits per heavy atom. The molecule has 0 bridgehead atoms. The summed E-state index contributed by atoms with van der Waals surface area (Å²) in [7, 11) is 0. The van der Waals surface area contributed by atoms with Crippen molar-refractivity contribution in [3.8, 4) is 0 Å². The van der Waals surface area contributed by atoms with Gasteiger partial charge < -0.3 is 9.87 Å². The van der Waals surface area contributed by atoms with Gasteiger partial charge >= 0.3 is 0 Å². The number of hydrogen-bond donors (Lipinski definition) is 2. The standard InChI is InChI=1S/C18H29NO2S/c1-15(13-16-7-3-2-4-8-16)19-14-18-10-6-5-9-17(18)11-12-22(20)21/h5-6,9-10,15-16,19H,2-4,7-8,11-14H2,1H3,(H,20,21). The zero-order valence-corrected chi connectivity index (χ0v) is 14.4. The Kier molecular flexibility index (Phi) is 7.56. The quantitative estimate of drug-likeness (QED) is 0.713. The van der Waals surface area contributed by atoms with Gasteiger partial charge in [-0.2, -0.15) is 0 Å². The first-order chi connectivity index (χ1) is 10.6. The normalized spacial score (nSPS) is 19.0. The van der Waals surface area contributed by atoms with Crippen LogP contribution in [0.3, 0.4) is 0 Å². The highest BCUT2D eigenvalue weighted by molar-refractivity contribution is 7.79. The lowest BCUT2D eigenvalue weighted by Crippen LogP contribution is -2.29. The summed E-state index contributed by atoms with van der Waals surface area (Å²) in [6.45, 7) is 3.13. The summed E-state index contributed by atoms with van der Waals surface area (Å²) in [5.41, 5.74) is 2.44. The van der Waals surface area contributed by atoms with E-state index in [1.807, 2.05) is 12.1 Å². The van der Waals surface area contributed by atoms with Crippen LogP contribution in [0.2, 0.25) is 0 Å². The van der Waals surface area contributed by atoms with E-state index in [-0.39, 0.29) is 0 Å². The molecule has 2 unspecified atom stereocenters. The van der Waals surface area contributed by atoms with Crippen LogP contribution < -0.4 is 5.32 Å². The van der Waals surface area contributed by atoms with E-state index in [4.69, 9.17) is 4.55 Å². The molecule has 0 aromatic heterocycles. The zero-order chi connectivity index (χ0) is 15.8. The predicted molar refractivity (Wildman–Crippen MR) is 93.3 cm³/mol. The van der Waals surface area contributed by atoms with E-state index in [9.17, 15) is 4.21 Å². The van der Waals surface area contributed by atoms with E-state index in [0.717, 1.165) is 12.5 Å². The van der Waals surface area contributed by atoms with Crippen molar-refractivity contribution in [1.29, 1.82) is 0 Å². The molecule has 1 saturated carbocycles. The minimum Gasteiger partial charge on any atom is -0.310 e. The number of aryl methyl sites for hydroxylation is 1. The van der Waals surface area contributed by atoms with Gasteiger partial charge in [0.1, 0.15) is 0 Å². The Labute approximate surface area is 137 Å².